The summed E-state index contributed by atoms with van der Waals surface area (Å²) in [7, 11) is 3.44. The maximum absolute atomic E-state index is 12.3. The van der Waals surface area contributed by atoms with Crippen LogP contribution in [0.25, 0.3) is 11.0 Å². The first-order valence-corrected chi connectivity index (χ1v) is 10.8. The minimum absolute atomic E-state index is 0.0124. The fourth-order valence-electron chi connectivity index (χ4n) is 3.51. The topological polar surface area (TPSA) is 78.3 Å². The number of hydrogen-bond donors (Lipinski definition) is 1. The molecule has 166 valence electrons. The van der Waals surface area contributed by atoms with Crippen LogP contribution in [0.1, 0.15) is 29.7 Å². The van der Waals surface area contributed by atoms with Crippen molar-refractivity contribution in [1.82, 2.24) is 20.1 Å². The van der Waals surface area contributed by atoms with E-state index in [2.05, 4.69) is 15.4 Å². The maximum atomic E-state index is 12.3. The first kappa shape index (κ1) is 23.2. The predicted octanol–water partition coefficient (Wildman–Crippen LogP) is 4.42. The predicted molar refractivity (Wildman–Crippen MR) is 122 cm³/mol. The highest BCUT2D eigenvalue weighted by molar-refractivity contribution is 6.35. The molecule has 3 aromatic rings. The lowest BCUT2D eigenvalue weighted by Crippen LogP contribution is -2.26. The second kappa shape index (κ2) is 10.2. The van der Waals surface area contributed by atoms with Crippen LogP contribution in [0.4, 0.5) is 0 Å². The molecule has 3 rings (SSSR count). The van der Waals surface area contributed by atoms with Crippen LogP contribution >= 0.6 is 23.2 Å². The molecule has 0 fully saturated rings. The average molecular weight is 465 g/mol. The number of benzene rings is 1. The smallest absolute Gasteiger partial charge is 0.242 e. The van der Waals surface area contributed by atoms with E-state index in [1.54, 1.807) is 30.0 Å². The Bertz CT molecular complexity index is 1100. The third-order valence-electron chi connectivity index (χ3n) is 5.11. The number of aryl methyl sites for hydroxylation is 3. The minimum Gasteiger partial charge on any atom is -0.492 e. The summed E-state index contributed by atoms with van der Waals surface area (Å²) in [6, 6.07) is 5.09. The Labute approximate surface area is 191 Å². The Balaban J connectivity index is 1.50. The van der Waals surface area contributed by atoms with Gasteiger partial charge in [-0.2, -0.15) is 0 Å². The maximum Gasteiger partial charge on any atom is 0.242 e. The fraction of sp³-hybridized carbons (Fsp3) is 0.409. The standard InChI is InChI=1S/C22H26Cl2N4O3/c1-13-16(14(2)26-21-20(13)22(30-4)27-28(21)3)7-9-19(29)25-10-5-11-31-18-8-6-15(23)12-17(18)24/h6,8,12H,5,7,9-11H2,1-4H3,(H,25,29). The molecule has 31 heavy (non-hydrogen) atoms. The van der Waals surface area contributed by atoms with Crippen LogP contribution in [0.15, 0.2) is 18.2 Å². The molecule has 2 heterocycles. The van der Waals surface area contributed by atoms with Gasteiger partial charge in [-0.05, 0) is 56.0 Å². The summed E-state index contributed by atoms with van der Waals surface area (Å²) in [4.78, 5) is 17.0. The summed E-state index contributed by atoms with van der Waals surface area (Å²) >= 11 is 11.9. The Morgan fingerprint density at radius 3 is 2.74 bits per heavy atom. The molecule has 0 aliphatic rings. The largest absolute Gasteiger partial charge is 0.492 e. The number of hydrogen-bond acceptors (Lipinski definition) is 5. The fourth-order valence-corrected chi connectivity index (χ4v) is 3.97. The Morgan fingerprint density at radius 1 is 1.26 bits per heavy atom. The minimum atomic E-state index is -0.0124. The molecule has 0 saturated carbocycles. The van der Waals surface area contributed by atoms with Crippen molar-refractivity contribution in [1.29, 1.82) is 0 Å². The second-order valence-corrected chi connectivity index (χ2v) is 8.10. The molecule has 0 aliphatic carbocycles. The summed E-state index contributed by atoms with van der Waals surface area (Å²) in [5.41, 5.74) is 3.78. The molecule has 1 amide bonds. The molecule has 0 aliphatic heterocycles. The number of fused-ring (bicyclic) bond motifs is 1. The lowest BCUT2D eigenvalue weighted by atomic mass is 10.00. The molecule has 1 N–H and O–H groups in total. The van der Waals surface area contributed by atoms with E-state index in [-0.39, 0.29) is 5.91 Å². The van der Waals surface area contributed by atoms with Crippen molar-refractivity contribution in [2.75, 3.05) is 20.3 Å². The number of methoxy groups -OCH3 is 1. The number of aromatic nitrogens is 3. The molecular weight excluding hydrogens is 439 g/mol. The molecule has 0 bridgehead atoms. The van der Waals surface area contributed by atoms with E-state index < -0.39 is 0 Å². The summed E-state index contributed by atoms with van der Waals surface area (Å²) in [6.07, 6.45) is 1.64. The van der Waals surface area contributed by atoms with Gasteiger partial charge in [0, 0.05) is 30.7 Å². The number of ether oxygens (including phenoxy) is 2. The van der Waals surface area contributed by atoms with E-state index in [1.165, 1.54) is 0 Å². The zero-order valence-electron chi connectivity index (χ0n) is 18.1. The van der Waals surface area contributed by atoms with E-state index in [0.29, 0.717) is 54.1 Å². The van der Waals surface area contributed by atoms with Gasteiger partial charge >= 0.3 is 0 Å². The van der Waals surface area contributed by atoms with E-state index in [0.717, 1.165) is 27.9 Å². The average Bonchev–Trinajstić information content (AvgIpc) is 3.04. The van der Waals surface area contributed by atoms with Crippen molar-refractivity contribution in [3.8, 4) is 11.6 Å². The highest BCUT2D eigenvalue weighted by atomic mass is 35.5. The zero-order chi connectivity index (χ0) is 22.5. The second-order valence-electron chi connectivity index (χ2n) is 7.26. The van der Waals surface area contributed by atoms with Crippen molar-refractivity contribution in [2.45, 2.75) is 33.1 Å². The number of pyridine rings is 1. The first-order valence-electron chi connectivity index (χ1n) is 10.0. The monoisotopic (exact) mass is 464 g/mol. The zero-order valence-corrected chi connectivity index (χ0v) is 19.6. The van der Waals surface area contributed by atoms with Crippen LogP contribution in [0.2, 0.25) is 10.0 Å². The van der Waals surface area contributed by atoms with Gasteiger partial charge in [0.1, 0.15) is 5.75 Å². The van der Waals surface area contributed by atoms with E-state index >= 15 is 0 Å². The molecule has 9 heteroatoms. The van der Waals surface area contributed by atoms with Gasteiger partial charge in [0.25, 0.3) is 0 Å². The van der Waals surface area contributed by atoms with Gasteiger partial charge in [-0.15, -0.1) is 5.10 Å². The number of halogens is 2. The summed E-state index contributed by atoms with van der Waals surface area (Å²) in [5, 5.41) is 9.22. The van der Waals surface area contributed by atoms with Gasteiger partial charge in [0.05, 0.1) is 24.1 Å². The molecule has 7 nitrogen and oxygen atoms in total. The number of carbonyl (C=O) groups excluding carboxylic acids is 1. The number of carbonyl (C=O) groups is 1. The van der Waals surface area contributed by atoms with E-state index in [1.807, 2.05) is 20.9 Å². The van der Waals surface area contributed by atoms with Gasteiger partial charge < -0.3 is 14.8 Å². The van der Waals surface area contributed by atoms with Crippen molar-refractivity contribution in [2.24, 2.45) is 7.05 Å². The highest BCUT2D eigenvalue weighted by Crippen LogP contribution is 2.30. The number of nitrogens with one attached hydrogen (secondary N) is 1. The molecule has 0 saturated heterocycles. The van der Waals surface area contributed by atoms with Gasteiger partial charge in [-0.3, -0.25) is 4.79 Å². The number of rotatable bonds is 9. The van der Waals surface area contributed by atoms with Crippen LogP contribution in [0, 0.1) is 13.8 Å². The van der Waals surface area contributed by atoms with Crippen LogP contribution in [-0.2, 0) is 18.3 Å². The Hall–Kier alpha value is -2.51. The third-order valence-corrected chi connectivity index (χ3v) is 5.64. The van der Waals surface area contributed by atoms with Gasteiger partial charge in [0.15, 0.2) is 5.65 Å². The van der Waals surface area contributed by atoms with E-state index in [9.17, 15) is 4.79 Å². The van der Waals surface area contributed by atoms with E-state index in [4.69, 9.17) is 32.7 Å². The van der Waals surface area contributed by atoms with Crippen LogP contribution < -0.4 is 14.8 Å². The molecular formula is C22H26Cl2N4O3. The van der Waals surface area contributed by atoms with Crippen LogP contribution in [0.3, 0.4) is 0 Å². The lowest BCUT2D eigenvalue weighted by Gasteiger charge is -2.12. The first-order chi connectivity index (χ1) is 14.8. The Kier molecular flexibility index (Phi) is 7.62. The highest BCUT2D eigenvalue weighted by Gasteiger charge is 2.18. The third kappa shape index (κ3) is 5.40. The molecule has 0 radical (unpaired) electrons. The summed E-state index contributed by atoms with van der Waals surface area (Å²) in [5.74, 6) is 1.12. The van der Waals surface area contributed by atoms with Gasteiger partial charge in [-0.1, -0.05) is 23.2 Å². The molecule has 1 aromatic carbocycles. The Morgan fingerprint density at radius 2 is 2.03 bits per heavy atom. The molecule has 0 spiro atoms. The van der Waals surface area contributed by atoms with Crippen molar-refractivity contribution >= 4 is 40.1 Å². The number of nitrogens with zero attached hydrogens (tertiary/aromatic N) is 3. The van der Waals surface area contributed by atoms with Crippen LogP contribution in [0.5, 0.6) is 11.6 Å². The molecule has 2 aromatic heterocycles. The molecule has 0 atom stereocenters. The van der Waals surface area contributed by atoms with Gasteiger partial charge in [-0.25, -0.2) is 9.67 Å². The van der Waals surface area contributed by atoms with Gasteiger partial charge in [0.2, 0.25) is 11.8 Å². The lowest BCUT2D eigenvalue weighted by molar-refractivity contribution is -0.121. The SMILES string of the molecule is COc1nn(C)c2nc(C)c(CCC(=O)NCCCOc3ccc(Cl)cc3Cl)c(C)c12. The van der Waals surface area contributed by atoms with Crippen LogP contribution in [-0.4, -0.2) is 40.9 Å². The molecule has 0 unspecified atom stereocenters. The number of amides is 1. The van der Waals surface area contributed by atoms with Crippen molar-refractivity contribution < 1.29 is 14.3 Å². The summed E-state index contributed by atoms with van der Waals surface area (Å²) < 4.78 is 12.7. The normalized spacial score (nSPS) is 11.0. The van der Waals surface area contributed by atoms with Crippen molar-refractivity contribution in [3.05, 3.63) is 45.1 Å². The quantitative estimate of drug-likeness (QED) is 0.474. The summed E-state index contributed by atoms with van der Waals surface area (Å²) in [6.45, 7) is 4.95. The van der Waals surface area contributed by atoms with Crippen molar-refractivity contribution in [3.63, 3.8) is 0 Å².